The minimum Gasteiger partial charge on any atom is -0.357 e. The highest BCUT2D eigenvalue weighted by molar-refractivity contribution is 5.80. The van der Waals surface area contributed by atoms with E-state index >= 15 is 0 Å². The highest BCUT2D eigenvalue weighted by Gasteiger charge is 2.03. The Labute approximate surface area is 71.6 Å². The quantitative estimate of drug-likeness (QED) is 0.630. The van der Waals surface area contributed by atoms with Crippen molar-refractivity contribution < 1.29 is 0 Å². The fraction of sp³-hybridized carbons (Fsp3) is 0.300. The molecule has 12 heavy (non-hydrogen) atoms. The van der Waals surface area contributed by atoms with E-state index in [0.29, 0.717) is 0 Å². The first-order valence-corrected chi connectivity index (χ1v) is 4.10. The summed E-state index contributed by atoms with van der Waals surface area (Å²) in [4.78, 5) is 7.67. The number of pyridine rings is 1. The predicted octanol–water partition coefficient (Wildman–Crippen LogP) is 2.49. The number of nitrogens with one attached hydrogen (secondary N) is 1. The van der Waals surface area contributed by atoms with Gasteiger partial charge in [-0.2, -0.15) is 0 Å². The van der Waals surface area contributed by atoms with Gasteiger partial charge in [0.05, 0.1) is 11.0 Å². The van der Waals surface area contributed by atoms with Gasteiger partial charge in [0, 0.05) is 11.9 Å². The Hall–Kier alpha value is -1.31. The Morgan fingerprint density at radius 2 is 2.00 bits per heavy atom. The topological polar surface area (TPSA) is 28.7 Å². The second-order valence-electron chi connectivity index (χ2n) is 3.28. The van der Waals surface area contributed by atoms with Crippen LogP contribution in [0.15, 0.2) is 12.3 Å². The number of fused-ring (bicyclic) bond motifs is 1. The lowest BCUT2D eigenvalue weighted by molar-refractivity contribution is 1.25. The van der Waals surface area contributed by atoms with Crippen LogP contribution >= 0.6 is 0 Å². The van der Waals surface area contributed by atoms with Crippen molar-refractivity contribution in [3.8, 4) is 0 Å². The predicted molar refractivity (Wildman–Crippen MR) is 50.3 cm³/mol. The van der Waals surface area contributed by atoms with E-state index in [2.05, 4.69) is 36.8 Å². The molecule has 0 aromatic carbocycles. The summed E-state index contributed by atoms with van der Waals surface area (Å²) in [5.74, 6) is 0. The zero-order valence-electron chi connectivity index (χ0n) is 7.60. The van der Waals surface area contributed by atoms with Gasteiger partial charge in [0.2, 0.25) is 0 Å². The van der Waals surface area contributed by atoms with Crippen LogP contribution in [0.5, 0.6) is 0 Å². The summed E-state index contributed by atoms with van der Waals surface area (Å²) in [6.45, 7) is 6.22. The molecule has 2 aromatic heterocycles. The van der Waals surface area contributed by atoms with Gasteiger partial charge in [-0.25, -0.2) is 0 Å². The average Bonchev–Trinajstić information content (AvgIpc) is 2.28. The smallest absolute Gasteiger partial charge is 0.0910 e. The van der Waals surface area contributed by atoms with Gasteiger partial charge in [0.25, 0.3) is 0 Å². The molecule has 0 aliphatic rings. The summed E-state index contributed by atoms with van der Waals surface area (Å²) >= 11 is 0. The van der Waals surface area contributed by atoms with Crippen LogP contribution in [0.2, 0.25) is 0 Å². The van der Waals surface area contributed by atoms with E-state index in [-0.39, 0.29) is 0 Å². The van der Waals surface area contributed by atoms with Crippen LogP contribution < -0.4 is 0 Å². The van der Waals surface area contributed by atoms with E-state index in [1.807, 2.05) is 6.20 Å². The summed E-state index contributed by atoms with van der Waals surface area (Å²) in [5.41, 5.74) is 5.90. The summed E-state index contributed by atoms with van der Waals surface area (Å²) in [5, 5.41) is 0. The highest BCUT2D eigenvalue weighted by Crippen LogP contribution is 2.18. The molecular formula is C10H12N2. The van der Waals surface area contributed by atoms with E-state index in [4.69, 9.17) is 0 Å². The van der Waals surface area contributed by atoms with Gasteiger partial charge in [-0.1, -0.05) is 0 Å². The monoisotopic (exact) mass is 160 g/mol. The molecule has 2 rings (SSSR count). The number of aryl methyl sites for hydroxylation is 3. The maximum atomic E-state index is 4.37. The van der Waals surface area contributed by atoms with E-state index in [1.165, 1.54) is 16.8 Å². The first-order chi connectivity index (χ1) is 5.68. The third-order valence-electron chi connectivity index (χ3n) is 2.26. The molecule has 0 fully saturated rings. The molecule has 0 bridgehead atoms. The maximum absolute atomic E-state index is 4.37. The van der Waals surface area contributed by atoms with Crippen LogP contribution in [0.3, 0.4) is 0 Å². The molecule has 0 spiro atoms. The van der Waals surface area contributed by atoms with Crippen molar-refractivity contribution in [3.05, 3.63) is 29.1 Å². The van der Waals surface area contributed by atoms with E-state index in [1.54, 1.807) is 0 Å². The second kappa shape index (κ2) is 2.34. The summed E-state index contributed by atoms with van der Waals surface area (Å²) in [7, 11) is 0. The van der Waals surface area contributed by atoms with Crippen LogP contribution in [-0.2, 0) is 0 Å². The minimum atomic E-state index is 1.10. The Morgan fingerprint density at radius 3 is 2.75 bits per heavy atom. The number of nitrogens with zero attached hydrogens (tertiary/aromatic N) is 1. The van der Waals surface area contributed by atoms with Gasteiger partial charge in [-0.05, 0) is 38.0 Å². The molecular weight excluding hydrogens is 148 g/mol. The molecule has 0 amide bonds. The number of rotatable bonds is 0. The van der Waals surface area contributed by atoms with Crippen molar-refractivity contribution in [2.45, 2.75) is 20.8 Å². The van der Waals surface area contributed by atoms with Crippen LogP contribution in [-0.4, -0.2) is 9.97 Å². The molecule has 0 aliphatic heterocycles. The fourth-order valence-corrected chi connectivity index (χ4v) is 1.44. The highest BCUT2D eigenvalue weighted by atomic mass is 14.8. The summed E-state index contributed by atoms with van der Waals surface area (Å²) < 4.78 is 0. The standard InChI is InChI=1S/C10H12N2/c1-6-4-9-10(11-5-6)7(2)8(3)12-9/h4-5,12H,1-3H3. The van der Waals surface area contributed by atoms with Crippen molar-refractivity contribution in [2.75, 3.05) is 0 Å². The zero-order valence-corrected chi connectivity index (χ0v) is 7.60. The van der Waals surface area contributed by atoms with Gasteiger partial charge in [0.15, 0.2) is 0 Å². The fourth-order valence-electron chi connectivity index (χ4n) is 1.44. The maximum Gasteiger partial charge on any atom is 0.0910 e. The molecule has 2 heterocycles. The van der Waals surface area contributed by atoms with Crippen molar-refractivity contribution >= 4 is 11.0 Å². The molecule has 2 heteroatoms. The van der Waals surface area contributed by atoms with E-state index < -0.39 is 0 Å². The van der Waals surface area contributed by atoms with Crippen LogP contribution in [0, 0.1) is 20.8 Å². The van der Waals surface area contributed by atoms with E-state index in [9.17, 15) is 0 Å². The SMILES string of the molecule is Cc1cnc2c(C)c(C)[nH]c2c1. The summed E-state index contributed by atoms with van der Waals surface area (Å²) in [6, 6.07) is 2.13. The molecule has 0 atom stereocenters. The summed E-state index contributed by atoms with van der Waals surface area (Å²) in [6.07, 6.45) is 1.91. The number of hydrogen-bond acceptors (Lipinski definition) is 1. The Bertz CT molecular complexity index is 427. The molecule has 0 aliphatic carbocycles. The molecule has 1 N–H and O–H groups in total. The van der Waals surface area contributed by atoms with Gasteiger partial charge >= 0.3 is 0 Å². The van der Waals surface area contributed by atoms with Crippen molar-refractivity contribution in [1.29, 1.82) is 0 Å². The van der Waals surface area contributed by atoms with Crippen molar-refractivity contribution in [3.63, 3.8) is 0 Å². The average molecular weight is 160 g/mol. The molecule has 62 valence electrons. The largest absolute Gasteiger partial charge is 0.357 e. The van der Waals surface area contributed by atoms with Gasteiger partial charge in [-0.15, -0.1) is 0 Å². The normalized spacial score (nSPS) is 10.9. The third-order valence-corrected chi connectivity index (χ3v) is 2.26. The third kappa shape index (κ3) is 0.916. The lowest BCUT2D eigenvalue weighted by Gasteiger charge is -1.91. The second-order valence-corrected chi connectivity index (χ2v) is 3.28. The molecule has 0 unspecified atom stereocenters. The lowest BCUT2D eigenvalue weighted by Crippen LogP contribution is -1.78. The number of aromatic nitrogens is 2. The Kier molecular flexibility index (Phi) is 1.43. The van der Waals surface area contributed by atoms with Gasteiger partial charge in [-0.3, -0.25) is 4.98 Å². The van der Waals surface area contributed by atoms with Gasteiger partial charge < -0.3 is 4.98 Å². The lowest BCUT2D eigenvalue weighted by atomic mass is 10.2. The van der Waals surface area contributed by atoms with Crippen molar-refractivity contribution in [2.24, 2.45) is 0 Å². The Balaban J connectivity index is 2.87. The molecule has 0 saturated heterocycles. The molecule has 2 nitrogen and oxygen atoms in total. The number of aromatic amines is 1. The molecule has 0 radical (unpaired) electrons. The number of hydrogen-bond donors (Lipinski definition) is 1. The molecule has 2 aromatic rings. The van der Waals surface area contributed by atoms with Crippen LogP contribution in [0.1, 0.15) is 16.8 Å². The zero-order chi connectivity index (χ0) is 8.72. The number of H-pyrrole nitrogens is 1. The van der Waals surface area contributed by atoms with Crippen molar-refractivity contribution in [1.82, 2.24) is 9.97 Å². The van der Waals surface area contributed by atoms with Crippen LogP contribution in [0.25, 0.3) is 11.0 Å². The first kappa shape index (κ1) is 7.35. The van der Waals surface area contributed by atoms with Crippen LogP contribution in [0.4, 0.5) is 0 Å². The van der Waals surface area contributed by atoms with Gasteiger partial charge in [0.1, 0.15) is 0 Å². The molecule has 0 saturated carbocycles. The van der Waals surface area contributed by atoms with E-state index in [0.717, 1.165) is 11.0 Å². The minimum absolute atomic E-state index is 1.10. The first-order valence-electron chi connectivity index (χ1n) is 4.10. The Morgan fingerprint density at radius 1 is 1.25 bits per heavy atom.